The van der Waals surface area contributed by atoms with Crippen LogP contribution in [0.2, 0.25) is 0 Å². The number of phosphoric acid groups is 1. The van der Waals surface area contributed by atoms with Crippen LogP contribution >= 0.6 is 15.4 Å². The van der Waals surface area contributed by atoms with Crippen molar-refractivity contribution in [2.24, 2.45) is 0 Å². The second-order valence-electron chi connectivity index (χ2n) is 6.58. The van der Waals surface area contributed by atoms with E-state index in [1.165, 1.54) is 6.66 Å². The molecule has 0 aromatic heterocycles. The Morgan fingerprint density at radius 3 is 1.27 bits per heavy atom. The number of phosphoric ester groups is 1. The van der Waals surface area contributed by atoms with Gasteiger partial charge in [-0.2, -0.15) is 0 Å². The first-order valence-electron chi connectivity index (χ1n) is 9.38. The van der Waals surface area contributed by atoms with Gasteiger partial charge in [0.1, 0.15) is 0 Å². The second kappa shape index (κ2) is 10.8. The normalized spacial score (nSPS) is 13.6. The standard InChI is InChI=1S/C22H24O6P2/c1-29(23,25-17-20-11-5-2-6-12-20)28-30(24,26-18-21-13-7-3-8-14-21)27-19-22-15-9-4-10-16-22/h2-16H,17-19H2,1H3. The molecule has 3 aromatic rings. The zero-order valence-corrected chi connectivity index (χ0v) is 18.4. The molecule has 0 fully saturated rings. The molecular formula is C22H24O6P2. The van der Waals surface area contributed by atoms with Gasteiger partial charge in [0.15, 0.2) is 0 Å². The summed E-state index contributed by atoms with van der Waals surface area (Å²) in [7, 11) is -7.92. The summed E-state index contributed by atoms with van der Waals surface area (Å²) in [5.74, 6) is 0. The first-order chi connectivity index (χ1) is 14.4. The van der Waals surface area contributed by atoms with Crippen LogP contribution in [0.15, 0.2) is 91.0 Å². The summed E-state index contributed by atoms with van der Waals surface area (Å²) in [5.41, 5.74) is 2.37. The summed E-state index contributed by atoms with van der Waals surface area (Å²) in [6, 6.07) is 27.6. The van der Waals surface area contributed by atoms with Crippen LogP contribution in [0, 0.1) is 0 Å². The number of benzene rings is 3. The molecule has 0 amide bonds. The Bertz CT molecular complexity index is 948. The number of hydrogen-bond acceptors (Lipinski definition) is 6. The maximum Gasteiger partial charge on any atom is 0.482 e. The molecule has 158 valence electrons. The molecule has 0 radical (unpaired) electrons. The van der Waals surface area contributed by atoms with E-state index in [0.717, 1.165) is 16.7 Å². The van der Waals surface area contributed by atoms with Gasteiger partial charge >= 0.3 is 15.4 Å². The molecule has 0 saturated heterocycles. The lowest BCUT2D eigenvalue weighted by Gasteiger charge is -2.22. The van der Waals surface area contributed by atoms with Crippen LogP contribution in [0.4, 0.5) is 0 Å². The van der Waals surface area contributed by atoms with Crippen LogP contribution in [0.3, 0.4) is 0 Å². The molecule has 3 aromatic carbocycles. The van der Waals surface area contributed by atoms with Gasteiger partial charge in [-0.3, -0.25) is 13.6 Å². The van der Waals surface area contributed by atoms with E-state index in [9.17, 15) is 9.13 Å². The average molecular weight is 446 g/mol. The van der Waals surface area contributed by atoms with Crippen molar-refractivity contribution in [1.82, 2.24) is 0 Å². The molecule has 0 aliphatic heterocycles. The van der Waals surface area contributed by atoms with Crippen LogP contribution in [0.25, 0.3) is 0 Å². The lowest BCUT2D eigenvalue weighted by atomic mass is 10.2. The summed E-state index contributed by atoms with van der Waals surface area (Å²) in [4.78, 5) is 0. The summed E-state index contributed by atoms with van der Waals surface area (Å²) in [6.45, 7) is 1.25. The quantitative estimate of drug-likeness (QED) is 0.310. The van der Waals surface area contributed by atoms with Gasteiger partial charge in [0.05, 0.1) is 19.8 Å². The van der Waals surface area contributed by atoms with E-state index in [1.807, 2.05) is 91.0 Å². The first kappa shape index (κ1) is 22.6. The topological polar surface area (TPSA) is 71.1 Å². The molecule has 0 N–H and O–H groups in total. The zero-order chi connectivity index (χ0) is 21.3. The Balaban J connectivity index is 1.68. The fraction of sp³-hybridized carbons (Fsp3) is 0.182. The third kappa shape index (κ3) is 7.66. The Morgan fingerprint density at radius 2 is 0.900 bits per heavy atom. The van der Waals surface area contributed by atoms with E-state index in [-0.39, 0.29) is 19.8 Å². The second-order valence-corrected chi connectivity index (χ2v) is 10.4. The van der Waals surface area contributed by atoms with E-state index in [4.69, 9.17) is 17.9 Å². The fourth-order valence-corrected chi connectivity index (χ4v) is 5.60. The van der Waals surface area contributed by atoms with Gasteiger partial charge in [0.2, 0.25) is 0 Å². The smallest absolute Gasteiger partial charge is 0.304 e. The molecule has 0 spiro atoms. The minimum Gasteiger partial charge on any atom is -0.304 e. The highest BCUT2D eigenvalue weighted by Crippen LogP contribution is 2.64. The van der Waals surface area contributed by atoms with E-state index < -0.39 is 15.4 Å². The van der Waals surface area contributed by atoms with Crippen molar-refractivity contribution in [3.8, 4) is 0 Å². The van der Waals surface area contributed by atoms with Gasteiger partial charge < -0.3 is 4.52 Å². The fourth-order valence-electron chi connectivity index (χ4n) is 2.51. The Morgan fingerprint density at radius 1 is 0.567 bits per heavy atom. The number of hydrogen-bond donors (Lipinski definition) is 0. The monoisotopic (exact) mass is 446 g/mol. The summed E-state index contributed by atoms with van der Waals surface area (Å²) < 4.78 is 47.8. The largest absolute Gasteiger partial charge is 0.482 e. The van der Waals surface area contributed by atoms with Crippen molar-refractivity contribution in [3.63, 3.8) is 0 Å². The van der Waals surface area contributed by atoms with Crippen LogP contribution in [0.1, 0.15) is 16.7 Å². The van der Waals surface area contributed by atoms with Gasteiger partial charge in [-0.05, 0) is 16.7 Å². The summed E-state index contributed by atoms with van der Waals surface area (Å²) in [5, 5.41) is 0. The van der Waals surface area contributed by atoms with Gasteiger partial charge in [-0.25, -0.2) is 8.88 Å². The van der Waals surface area contributed by atoms with Crippen molar-refractivity contribution >= 4 is 15.4 Å². The van der Waals surface area contributed by atoms with E-state index in [0.29, 0.717) is 0 Å². The van der Waals surface area contributed by atoms with E-state index >= 15 is 0 Å². The zero-order valence-electron chi connectivity index (χ0n) is 16.6. The van der Waals surface area contributed by atoms with Gasteiger partial charge in [-0.1, -0.05) is 91.0 Å². The van der Waals surface area contributed by atoms with Crippen LogP contribution in [0.5, 0.6) is 0 Å². The Hall–Kier alpha value is -2.04. The lowest BCUT2D eigenvalue weighted by Crippen LogP contribution is -2.02. The third-order valence-corrected chi connectivity index (χ3v) is 7.50. The minimum atomic E-state index is -4.18. The van der Waals surface area contributed by atoms with Crippen LogP contribution in [-0.2, 0) is 46.8 Å². The molecule has 0 saturated carbocycles. The first-order valence-corrected chi connectivity index (χ1v) is 12.8. The molecule has 30 heavy (non-hydrogen) atoms. The van der Waals surface area contributed by atoms with E-state index in [1.54, 1.807) is 0 Å². The van der Waals surface area contributed by atoms with Crippen LogP contribution < -0.4 is 0 Å². The predicted molar refractivity (Wildman–Crippen MR) is 116 cm³/mol. The van der Waals surface area contributed by atoms with Crippen molar-refractivity contribution < 1.29 is 27.0 Å². The van der Waals surface area contributed by atoms with E-state index in [2.05, 4.69) is 0 Å². The third-order valence-electron chi connectivity index (χ3n) is 4.02. The molecule has 8 heteroatoms. The molecule has 3 rings (SSSR count). The highest BCUT2D eigenvalue weighted by molar-refractivity contribution is 7.64. The van der Waals surface area contributed by atoms with Gasteiger partial charge in [-0.15, -0.1) is 0 Å². The van der Waals surface area contributed by atoms with Crippen molar-refractivity contribution in [2.75, 3.05) is 6.66 Å². The molecule has 0 heterocycles. The average Bonchev–Trinajstić information content (AvgIpc) is 2.77. The van der Waals surface area contributed by atoms with Crippen molar-refractivity contribution in [2.45, 2.75) is 19.8 Å². The maximum absolute atomic E-state index is 13.3. The van der Waals surface area contributed by atoms with Crippen LogP contribution in [-0.4, -0.2) is 6.66 Å². The Labute approximate surface area is 176 Å². The SMILES string of the molecule is CP(=O)(OCc1ccccc1)OP(=O)(OCc1ccccc1)OCc1ccccc1. The Kier molecular flexibility index (Phi) is 8.17. The molecule has 0 aliphatic rings. The van der Waals surface area contributed by atoms with Crippen molar-refractivity contribution in [1.29, 1.82) is 0 Å². The highest BCUT2D eigenvalue weighted by Gasteiger charge is 2.36. The predicted octanol–water partition coefficient (Wildman–Crippen LogP) is 6.58. The molecule has 0 bridgehead atoms. The maximum atomic E-state index is 13.3. The summed E-state index contributed by atoms with van der Waals surface area (Å²) >= 11 is 0. The minimum absolute atomic E-state index is 0.0222. The summed E-state index contributed by atoms with van der Waals surface area (Å²) in [6.07, 6.45) is 0. The van der Waals surface area contributed by atoms with Crippen molar-refractivity contribution in [3.05, 3.63) is 108 Å². The van der Waals surface area contributed by atoms with Gasteiger partial charge in [0.25, 0.3) is 0 Å². The molecule has 0 aliphatic carbocycles. The lowest BCUT2D eigenvalue weighted by molar-refractivity contribution is 0.133. The highest BCUT2D eigenvalue weighted by atomic mass is 31.3. The molecule has 6 nitrogen and oxygen atoms in total. The molecule has 1 unspecified atom stereocenters. The number of rotatable bonds is 11. The molecule has 1 atom stereocenters. The van der Waals surface area contributed by atoms with Gasteiger partial charge in [0, 0.05) is 6.66 Å². The molecular weight excluding hydrogens is 422 g/mol.